The van der Waals surface area contributed by atoms with Gasteiger partial charge in [0, 0.05) is 12.6 Å². The van der Waals surface area contributed by atoms with E-state index in [2.05, 4.69) is 0 Å². The number of hydrogen-bond acceptors (Lipinski definition) is 4. The molecule has 0 amide bonds. The van der Waals surface area contributed by atoms with Crippen LogP contribution in [0.15, 0.2) is 40.6 Å². The lowest BCUT2D eigenvalue weighted by Gasteiger charge is -2.24. The van der Waals surface area contributed by atoms with Gasteiger partial charge in [-0.05, 0) is 36.6 Å². The maximum atomic E-state index is 12.9. The van der Waals surface area contributed by atoms with E-state index in [1.54, 1.807) is 12.1 Å². The van der Waals surface area contributed by atoms with Gasteiger partial charge < -0.3 is 5.73 Å². The smallest absolute Gasteiger partial charge is 0.273 e. The van der Waals surface area contributed by atoms with Crippen molar-refractivity contribution in [2.45, 2.75) is 23.1 Å². The van der Waals surface area contributed by atoms with E-state index < -0.39 is 10.0 Å². The van der Waals surface area contributed by atoms with Gasteiger partial charge >= 0.3 is 0 Å². The van der Waals surface area contributed by atoms with Gasteiger partial charge in [-0.15, -0.1) is 11.3 Å². The highest BCUT2D eigenvalue weighted by molar-refractivity contribution is 7.94. The molecule has 0 spiro atoms. The molecule has 1 aromatic heterocycles. The highest BCUT2D eigenvalue weighted by Crippen LogP contribution is 2.36. The van der Waals surface area contributed by atoms with Gasteiger partial charge in [-0.1, -0.05) is 29.8 Å². The molecule has 2 heterocycles. The zero-order valence-electron chi connectivity index (χ0n) is 11.2. The molecular weight excluding hydrogens is 328 g/mol. The Morgan fingerprint density at radius 3 is 2.71 bits per heavy atom. The topological polar surface area (TPSA) is 63.4 Å². The summed E-state index contributed by atoms with van der Waals surface area (Å²) in [5.41, 5.74) is 7.70. The molecule has 1 unspecified atom stereocenters. The number of benzene rings is 1. The number of halogens is 1. The van der Waals surface area contributed by atoms with Crippen LogP contribution in [0.25, 0.3) is 0 Å². The first-order valence-electron chi connectivity index (χ1n) is 6.63. The Morgan fingerprint density at radius 2 is 2.00 bits per heavy atom. The van der Waals surface area contributed by atoms with E-state index in [4.69, 9.17) is 17.3 Å². The number of sulfonamides is 1. The van der Waals surface area contributed by atoms with Gasteiger partial charge in [-0.2, -0.15) is 0 Å². The molecule has 2 aromatic rings. The molecule has 0 saturated carbocycles. The summed E-state index contributed by atoms with van der Waals surface area (Å²) in [4.78, 5) is 0. The Bertz CT molecular complexity index is 758. The molecule has 0 bridgehead atoms. The molecule has 1 aliphatic rings. The van der Waals surface area contributed by atoms with Crippen molar-refractivity contribution < 1.29 is 8.42 Å². The molecule has 0 saturated heterocycles. The number of anilines is 1. The van der Waals surface area contributed by atoms with E-state index in [-0.39, 0.29) is 10.3 Å². The predicted octanol–water partition coefficient (Wildman–Crippen LogP) is 3.39. The Balaban J connectivity index is 2.12. The van der Waals surface area contributed by atoms with E-state index in [1.165, 1.54) is 4.31 Å². The van der Waals surface area contributed by atoms with Gasteiger partial charge in [-0.25, -0.2) is 8.42 Å². The molecule has 3 rings (SSSR count). The molecule has 21 heavy (non-hydrogen) atoms. The quantitative estimate of drug-likeness (QED) is 0.909. The Hall–Kier alpha value is -1.08. The fraction of sp³-hybridized carbons (Fsp3) is 0.286. The molecule has 1 atom stereocenters. The second-order valence-corrected chi connectivity index (χ2v) is 8.75. The molecule has 0 radical (unpaired) electrons. The molecule has 1 aliphatic heterocycles. The molecule has 4 nitrogen and oxygen atoms in total. The average molecular weight is 343 g/mol. The van der Waals surface area contributed by atoms with E-state index in [0.717, 1.165) is 29.7 Å². The third-order valence-electron chi connectivity index (χ3n) is 3.57. The number of nitrogens with zero attached hydrogens (tertiary/aromatic N) is 1. The van der Waals surface area contributed by atoms with Gasteiger partial charge in [0.05, 0.1) is 10.0 Å². The average Bonchev–Trinajstić information content (AvgIpc) is 2.83. The Morgan fingerprint density at radius 1 is 1.24 bits per heavy atom. The molecule has 0 aliphatic carbocycles. The number of hydrogen-bond donors (Lipinski definition) is 1. The van der Waals surface area contributed by atoms with Crippen molar-refractivity contribution in [3.05, 3.63) is 46.3 Å². The molecule has 7 heteroatoms. The highest BCUT2D eigenvalue weighted by Gasteiger charge is 2.30. The summed E-state index contributed by atoms with van der Waals surface area (Å²) in [6.07, 6.45) is 1.50. The third kappa shape index (κ3) is 2.68. The van der Waals surface area contributed by atoms with Crippen LogP contribution in [0, 0.1) is 0 Å². The normalized spacial score (nSPS) is 19.1. The maximum Gasteiger partial charge on any atom is 0.273 e. The van der Waals surface area contributed by atoms with E-state index in [0.29, 0.717) is 16.6 Å². The summed E-state index contributed by atoms with van der Waals surface area (Å²) < 4.78 is 27.9. The number of thiophene rings is 1. The summed E-state index contributed by atoms with van der Waals surface area (Å²) in [6, 6.07) is 10.5. The molecule has 2 N–H and O–H groups in total. The van der Waals surface area contributed by atoms with Gasteiger partial charge in [0.2, 0.25) is 0 Å². The van der Waals surface area contributed by atoms with Crippen LogP contribution in [0.4, 0.5) is 5.69 Å². The van der Waals surface area contributed by atoms with Crippen LogP contribution >= 0.6 is 22.9 Å². The van der Waals surface area contributed by atoms with Crippen molar-refractivity contribution in [2.24, 2.45) is 5.73 Å². The summed E-state index contributed by atoms with van der Waals surface area (Å²) in [5, 5.41) is 0. The summed E-state index contributed by atoms with van der Waals surface area (Å²) in [5.74, 6) is 0. The van der Waals surface area contributed by atoms with Gasteiger partial charge in [-0.3, -0.25) is 4.31 Å². The highest BCUT2D eigenvalue weighted by atomic mass is 35.5. The molecule has 112 valence electrons. The van der Waals surface area contributed by atoms with Crippen molar-refractivity contribution in [2.75, 3.05) is 10.8 Å². The first-order chi connectivity index (χ1) is 10.00. The number of nitrogens with two attached hydrogens (primary N) is 1. The van der Waals surface area contributed by atoms with E-state index in [9.17, 15) is 8.42 Å². The van der Waals surface area contributed by atoms with Crippen LogP contribution < -0.4 is 10.0 Å². The number of rotatable bonds is 2. The van der Waals surface area contributed by atoms with Gasteiger partial charge in [0.15, 0.2) is 0 Å². The predicted molar refractivity (Wildman–Crippen MR) is 86.5 cm³/mol. The minimum atomic E-state index is -3.59. The lowest BCUT2D eigenvalue weighted by atomic mass is 10.0. The van der Waals surface area contributed by atoms with Crippen molar-refractivity contribution in [1.29, 1.82) is 0 Å². The standard InChI is InChI=1S/C14H15ClN2O2S2/c15-13-7-8-14(20-13)21(18,19)17-9-3-5-11(16)10-4-1-2-6-12(10)17/h1-2,4,6-8,11H,3,5,9,16H2. The maximum absolute atomic E-state index is 12.9. The number of fused-ring (bicyclic) bond motifs is 1. The van der Waals surface area contributed by atoms with E-state index in [1.807, 2.05) is 24.3 Å². The monoisotopic (exact) mass is 342 g/mol. The largest absolute Gasteiger partial charge is 0.324 e. The van der Waals surface area contributed by atoms with Crippen LogP contribution in [0.5, 0.6) is 0 Å². The minimum absolute atomic E-state index is 0.131. The Kier molecular flexibility index (Phi) is 3.96. The van der Waals surface area contributed by atoms with Gasteiger partial charge in [0.25, 0.3) is 10.0 Å². The SMILES string of the molecule is NC1CCCN(S(=O)(=O)c2ccc(Cl)s2)c2ccccc21. The third-order valence-corrected chi connectivity index (χ3v) is 7.09. The van der Waals surface area contributed by atoms with Crippen molar-refractivity contribution in [3.8, 4) is 0 Å². The van der Waals surface area contributed by atoms with Crippen LogP contribution in [0.1, 0.15) is 24.4 Å². The molecule has 1 aromatic carbocycles. The lowest BCUT2D eigenvalue weighted by molar-refractivity contribution is 0.588. The van der Waals surface area contributed by atoms with Crippen LogP contribution in [0.3, 0.4) is 0 Å². The van der Waals surface area contributed by atoms with Crippen LogP contribution in [-0.2, 0) is 10.0 Å². The summed E-state index contributed by atoms with van der Waals surface area (Å²) in [7, 11) is -3.59. The molecule has 0 fully saturated rings. The minimum Gasteiger partial charge on any atom is -0.324 e. The van der Waals surface area contributed by atoms with Crippen LogP contribution in [-0.4, -0.2) is 15.0 Å². The molecular formula is C14H15ClN2O2S2. The zero-order chi connectivity index (χ0) is 15.0. The lowest BCUT2D eigenvalue weighted by Crippen LogP contribution is -2.31. The van der Waals surface area contributed by atoms with Crippen molar-refractivity contribution >= 4 is 38.6 Å². The van der Waals surface area contributed by atoms with Crippen molar-refractivity contribution in [3.63, 3.8) is 0 Å². The van der Waals surface area contributed by atoms with Gasteiger partial charge in [0.1, 0.15) is 4.21 Å². The van der Waals surface area contributed by atoms with E-state index >= 15 is 0 Å². The summed E-state index contributed by atoms with van der Waals surface area (Å²) >= 11 is 6.95. The fourth-order valence-corrected chi connectivity index (χ4v) is 5.68. The second-order valence-electron chi connectivity index (χ2n) is 4.94. The summed E-state index contributed by atoms with van der Waals surface area (Å²) in [6.45, 7) is 0.433. The zero-order valence-corrected chi connectivity index (χ0v) is 13.6. The van der Waals surface area contributed by atoms with Crippen molar-refractivity contribution in [1.82, 2.24) is 0 Å². The fourth-order valence-electron chi connectivity index (χ4n) is 2.55. The van der Waals surface area contributed by atoms with Crippen LogP contribution in [0.2, 0.25) is 4.34 Å². The second kappa shape index (κ2) is 5.61. The first-order valence-corrected chi connectivity index (χ1v) is 9.26. The number of para-hydroxylation sites is 1. The first kappa shape index (κ1) is 14.8. The Labute approximate surface area is 133 Å².